The Hall–Kier alpha value is -2.52. The predicted molar refractivity (Wildman–Crippen MR) is 93.1 cm³/mol. The van der Waals surface area contributed by atoms with Crippen LogP contribution in [0.2, 0.25) is 0 Å². The maximum absolute atomic E-state index is 11.9. The van der Waals surface area contributed by atoms with Crippen LogP contribution in [0.25, 0.3) is 10.2 Å². The first-order valence-corrected chi connectivity index (χ1v) is 8.01. The third kappa shape index (κ3) is 3.63. The molecule has 0 saturated heterocycles. The zero-order valence-electron chi connectivity index (χ0n) is 11.4. The van der Waals surface area contributed by atoms with Crippen molar-refractivity contribution in [3.05, 3.63) is 57.1 Å². The van der Waals surface area contributed by atoms with Gasteiger partial charge in [-0.3, -0.25) is 15.4 Å². The van der Waals surface area contributed by atoms with Crippen LogP contribution in [-0.4, -0.2) is 15.9 Å². The summed E-state index contributed by atoms with van der Waals surface area (Å²) in [4.78, 5) is 26.5. The summed E-state index contributed by atoms with van der Waals surface area (Å²) in [5, 5.41) is 16.4. The van der Waals surface area contributed by atoms with E-state index in [9.17, 15) is 14.9 Å². The number of non-ortho nitro benzene ring substituents is 1. The molecule has 0 aliphatic carbocycles. The number of nitro benzene ring substituents is 1. The summed E-state index contributed by atoms with van der Waals surface area (Å²) in [6.07, 6.45) is 0. The molecule has 0 atom stereocenters. The number of carbonyl (C=O) groups is 1. The Labute approximate surface area is 142 Å². The zero-order valence-corrected chi connectivity index (χ0v) is 13.8. The lowest BCUT2D eigenvalue weighted by Gasteiger charge is -2.04. The molecule has 2 aromatic carbocycles. The highest BCUT2D eigenvalue weighted by Gasteiger charge is 2.12. The smallest absolute Gasteiger partial charge is 0.308 e. The number of nitrogens with one attached hydrogen (secondary N) is 2. The predicted octanol–water partition coefficient (Wildman–Crippen LogP) is 4.61. The molecule has 0 spiro atoms. The van der Waals surface area contributed by atoms with Crippen LogP contribution >= 0.6 is 27.3 Å². The Kier molecular flexibility index (Phi) is 4.22. The Morgan fingerprint density at radius 3 is 2.61 bits per heavy atom. The van der Waals surface area contributed by atoms with Gasteiger partial charge >= 0.3 is 6.03 Å². The summed E-state index contributed by atoms with van der Waals surface area (Å²) in [7, 11) is 0. The minimum atomic E-state index is -0.466. The van der Waals surface area contributed by atoms with Gasteiger partial charge in [-0.15, -0.1) is 0 Å². The minimum Gasteiger partial charge on any atom is -0.308 e. The number of anilines is 2. The lowest BCUT2D eigenvalue weighted by molar-refractivity contribution is -0.384. The monoisotopic (exact) mass is 392 g/mol. The van der Waals surface area contributed by atoms with Crippen LogP contribution in [-0.2, 0) is 0 Å². The molecule has 0 unspecified atom stereocenters. The van der Waals surface area contributed by atoms with Crippen molar-refractivity contribution >= 4 is 60.0 Å². The first kappa shape index (κ1) is 15.4. The first-order valence-electron chi connectivity index (χ1n) is 6.40. The third-order valence-corrected chi connectivity index (χ3v) is 4.37. The summed E-state index contributed by atoms with van der Waals surface area (Å²) >= 11 is 4.49. The SMILES string of the molecule is O=C(Nc1ccc(Br)cc1)Nc1nc2ccc([N+](=O)[O-])cc2s1. The van der Waals surface area contributed by atoms with E-state index in [1.807, 2.05) is 12.1 Å². The normalized spacial score (nSPS) is 10.5. The van der Waals surface area contributed by atoms with Gasteiger partial charge in [0.15, 0.2) is 5.13 Å². The number of aromatic nitrogens is 1. The number of nitro groups is 1. The molecule has 7 nitrogen and oxygen atoms in total. The highest BCUT2D eigenvalue weighted by molar-refractivity contribution is 9.10. The van der Waals surface area contributed by atoms with Crippen LogP contribution in [0.3, 0.4) is 0 Å². The second-order valence-corrected chi connectivity index (χ2v) is 6.46. The molecule has 0 radical (unpaired) electrons. The number of benzene rings is 2. The number of amides is 2. The number of hydrogen-bond acceptors (Lipinski definition) is 5. The Morgan fingerprint density at radius 1 is 1.17 bits per heavy atom. The van der Waals surface area contributed by atoms with E-state index in [-0.39, 0.29) is 5.69 Å². The molecule has 1 aromatic heterocycles. The van der Waals surface area contributed by atoms with Crippen molar-refractivity contribution in [1.29, 1.82) is 0 Å². The van der Waals surface area contributed by atoms with E-state index in [4.69, 9.17) is 0 Å². The molecule has 9 heteroatoms. The van der Waals surface area contributed by atoms with Crippen molar-refractivity contribution in [3.8, 4) is 0 Å². The zero-order chi connectivity index (χ0) is 16.4. The lowest BCUT2D eigenvalue weighted by atomic mass is 10.3. The van der Waals surface area contributed by atoms with Crippen molar-refractivity contribution in [2.75, 3.05) is 10.6 Å². The molecule has 23 heavy (non-hydrogen) atoms. The molecule has 2 amide bonds. The highest BCUT2D eigenvalue weighted by atomic mass is 79.9. The van der Waals surface area contributed by atoms with Gasteiger partial charge in [-0.05, 0) is 30.3 Å². The van der Waals surface area contributed by atoms with Gasteiger partial charge < -0.3 is 5.32 Å². The number of fused-ring (bicyclic) bond motifs is 1. The average molecular weight is 393 g/mol. The van der Waals surface area contributed by atoms with Crippen LogP contribution in [0.5, 0.6) is 0 Å². The quantitative estimate of drug-likeness (QED) is 0.502. The van der Waals surface area contributed by atoms with Crippen LogP contribution < -0.4 is 10.6 Å². The third-order valence-electron chi connectivity index (χ3n) is 2.91. The van der Waals surface area contributed by atoms with E-state index in [2.05, 4.69) is 31.5 Å². The van der Waals surface area contributed by atoms with Crippen molar-refractivity contribution in [2.45, 2.75) is 0 Å². The molecular formula is C14H9BrN4O3S. The molecule has 0 saturated carbocycles. The van der Waals surface area contributed by atoms with Crippen molar-refractivity contribution in [1.82, 2.24) is 4.98 Å². The fraction of sp³-hybridized carbons (Fsp3) is 0. The summed E-state index contributed by atoms with van der Waals surface area (Å²) in [5.41, 5.74) is 1.23. The van der Waals surface area contributed by atoms with Gasteiger partial charge in [0, 0.05) is 22.3 Å². The molecule has 2 N–H and O–H groups in total. The van der Waals surface area contributed by atoms with E-state index in [0.717, 1.165) is 4.47 Å². The van der Waals surface area contributed by atoms with E-state index >= 15 is 0 Å². The molecular weight excluding hydrogens is 384 g/mol. The fourth-order valence-electron chi connectivity index (χ4n) is 1.87. The van der Waals surface area contributed by atoms with E-state index in [1.54, 1.807) is 18.2 Å². The molecule has 3 aromatic rings. The van der Waals surface area contributed by atoms with Gasteiger partial charge in [-0.25, -0.2) is 9.78 Å². The number of urea groups is 1. The molecule has 0 aliphatic rings. The van der Waals surface area contributed by atoms with Crippen LogP contribution in [0.1, 0.15) is 0 Å². The van der Waals surface area contributed by atoms with Gasteiger partial charge in [0.2, 0.25) is 0 Å². The molecule has 116 valence electrons. The van der Waals surface area contributed by atoms with E-state index < -0.39 is 11.0 Å². The Morgan fingerprint density at radius 2 is 1.91 bits per heavy atom. The largest absolute Gasteiger partial charge is 0.325 e. The van der Waals surface area contributed by atoms with Crippen LogP contribution in [0, 0.1) is 10.1 Å². The molecule has 1 heterocycles. The van der Waals surface area contributed by atoms with Crippen LogP contribution in [0.4, 0.5) is 21.3 Å². The molecule has 3 rings (SSSR count). The van der Waals surface area contributed by atoms with E-state index in [1.165, 1.54) is 23.5 Å². The van der Waals surface area contributed by atoms with E-state index in [0.29, 0.717) is 21.0 Å². The van der Waals surface area contributed by atoms with Crippen molar-refractivity contribution in [3.63, 3.8) is 0 Å². The average Bonchev–Trinajstić information content (AvgIpc) is 2.90. The lowest BCUT2D eigenvalue weighted by Crippen LogP contribution is -2.19. The van der Waals surface area contributed by atoms with Gasteiger partial charge in [0.05, 0.1) is 15.1 Å². The number of rotatable bonds is 3. The van der Waals surface area contributed by atoms with Crippen molar-refractivity contribution < 1.29 is 9.72 Å². The summed E-state index contributed by atoms with van der Waals surface area (Å²) in [6, 6.07) is 11.1. The topological polar surface area (TPSA) is 97.2 Å². The van der Waals surface area contributed by atoms with Gasteiger partial charge in [-0.1, -0.05) is 27.3 Å². The number of hydrogen-bond donors (Lipinski definition) is 2. The second kappa shape index (κ2) is 6.31. The second-order valence-electron chi connectivity index (χ2n) is 4.51. The minimum absolute atomic E-state index is 0.00739. The van der Waals surface area contributed by atoms with Crippen LogP contribution in [0.15, 0.2) is 46.9 Å². The highest BCUT2D eigenvalue weighted by Crippen LogP contribution is 2.29. The standard InChI is InChI=1S/C14H9BrN4O3S/c15-8-1-3-9(4-2-8)16-13(20)18-14-17-11-6-5-10(19(21)22)7-12(11)23-14/h1-7H,(H2,16,17,18,20). The summed E-state index contributed by atoms with van der Waals surface area (Å²) < 4.78 is 1.55. The maximum Gasteiger partial charge on any atom is 0.325 e. The Balaban J connectivity index is 1.74. The molecule has 0 fully saturated rings. The molecule has 0 aliphatic heterocycles. The van der Waals surface area contributed by atoms with Crippen molar-refractivity contribution in [2.24, 2.45) is 0 Å². The van der Waals surface area contributed by atoms with Gasteiger partial charge in [0.25, 0.3) is 5.69 Å². The number of nitrogens with zero attached hydrogens (tertiary/aromatic N) is 2. The fourth-order valence-corrected chi connectivity index (χ4v) is 3.03. The molecule has 0 bridgehead atoms. The first-order chi connectivity index (χ1) is 11.0. The van der Waals surface area contributed by atoms with Gasteiger partial charge in [0.1, 0.15) is 0 Å². The summed E-state index contributed by atoms with van der Waals surface area (Å²) in [6.45, 7) is 0. The number of carbonyl (C=O) groups excluding carboxylic acids is 1. The van der Waals surface area contributed by atoms with Gasteiger partial charge in [-0.2, -0.15) is 0 Å². The number of halogens is 1. The summed E-state index contributed by atoms with van der Waals surface area (Å²) in [5.74, 6) is 0. The Bertz CT molecular complexity index is 895. The maximum atomic E-state index is 11.9. The number of thiazole rings is 1.